The Hall–Kier alpha value is -4.42. The van der Waals surface area contributed by atoms with E-state index in [1.807, 2.05) is 6.92 Å². The summed E-state index contributed by atoms with van der Waals surface area (Å²) in [6.07, 6.45) is 1.53. The Morgan fingerprint density at radius 2 is 1.48 bits per heavy atom. The molecule has 0 saturated carbocycles. The highest BCUT2D eigenvalue weighted by atomic mass is 16.6. The molecule has 12 heteroatoms. The highest BCUT2D eigenvalue weighted by Crippen LogP contribution is 2.26. The maximum absolute atomic E-state index is 13.3. The molecule has 2 aromatic rings. The van der Waals surface area contributed by atoms with Crippen LogP contribution in [0.15, 0.2) is 54.6 Å². The largest absolute Gasteiger partial charge is 0.479 e. The summed E-state index contributed by atoms with van der Waals surface area (Å²) in [5.41, 5.74) is 0.281. The van der Waals surface area contributed by atoms with Crippen molar-refractivity contribution in [1.29, 1.82) is 0 Å². The molecule has 250 valence electrons. The number of ether oxygens (including phenoxy) is 3. The number of carboxylic acids is 1. The van der Waals surface area contributed by atoms with E-state index in [2.05, 4.69) is 15.5 Å². The normalized spacial score (nSPS) is 15.5. The van der Waals surface area contributed by atoms with E-state index < -0.39 is 41.3 Å². The number of rotatable bonds is 10. The van der Waals surface area contributed by atoms with Crippen molar-refractivity contribution in [3.05, 3.63) is 65.7 Å². The number of para-hydroxylation sites is 2. The van der Waals surface area contributed by atoms with Gasteiger partial charge in [0.2, 0.25) is 5.91 Å². The molecule has 0 aromatic heterocycles. The van der Waals surface area contributed by atoms with Crippen molar-refractivity contribution >= 4 is 41.5 Å². The van der Waals surface area contributed by atoms with Crippen molar-refractivity contribution in [1.82, 2.24) is 9.80 Å². The molecule has 0 bridgehead atoms. The third kappa shape index (κ3) is 11.5. The number of hydrogen-bond acceptors (Lipinski definition) is 8. The van der Waals surface area contributed by atoms with Gasteiger partial charge in [-0.25, -0.2) is 14.4 Å². The fourth-order valence-electron chi connectivity index (χ4n) is 4.73. The van der Waals surface area contributed by atoms with Crippen LogP contribution >= 0.6 is 0 Å². The molecule has 1 aliphatic rings. The second-order valence-corrected chi connectivity index (χ2v) is 13.0. The average Bonchev–Trinajstić information content (AvgIpc) is 2.95. The Morgan fingerprint density at radius 3 is 2.02 bits per heavy atom. The van der Waals surface area contributed by atoms with E-state index in [1.165, 1.54) is 11.0 Å². The molecule has 0 aliphatic carbocycles. The Labute approximate surface area is 270 Å². The molecule has 0 radical (unpaired) electrons. The third-order valence-electron chi connectivity index (χ3n) is 6.80. The summed E-state index contributed by atoms with van der Waals surface area (Å²) in [5.74, 6) is -1.64. The number of hydrogen-bond donors (Lipinski definition) is 3. The maximum atomic E-state index is 13.3. The van der Waals surface area contributed by atoms with Crippen LogP contribution in [-0.2, 0) is 23.8 Å². The van der Waals surface area contributed by atoms with Crippen molar-refractivity contribution in [2.75, 3.05) is 43.5 Å². The minimum atomic E-state index is -1.30. The van der Waals surface area contributed by atoms with E-state index in [0.29, 0.717) is 48.8 Å². The molecule has 3 amide bonds. The number of anilines is 2. The van der Waals surface area contributed by atoms with Gasteiger partial charge in [-0.05, 0) is 77.8 Å². The SMILES string of the molecule is CC(CN(C(=O)OC(C)(C)C)C(C(=O)O)c1ccc(C=CC(=O)Nc2ccccc2NC(=O)OC(C)(C)C)cc1)N1CCOCC1. The molecular formula is C34H46N4O8. The number of nitrogens with one attached hydrogen (secondary N) is 2. The topological polar surface area (TPSA) is 147 Å². The molecule has 2 aromatic carbocycles. The summed E-state index contributed by atoms with van der Waals surface area (Å²) in [7, 11) is 0. The Morgan fingerprint density at radius 1 is 0.913 bits per heavy atom. The van der Waals surface area contributed by atoms with Crippen molar-refractivity contribution in [2.45, 2.75) is 71.8 Å². The Balaban J connectivity index is 1.75. The van der Waals surface area contributed by atoms with Crippen LogP contribution in [0.5, 0.6) is 0 Å². The van der Waals surface area contributed by atoms with E-state index in [1.54, 1.807) is 96.1 Å². The van der Waals surface area contributed by atoms with Gasteiger partial charge in [0.1, 0.15) is 11.2 Å². The monoisotopic (exact) mass is 638 g/mol. The van der Waals surface area contributed by atoms with E-state index in [0.717, 1.165) is 0 Å². The lowest BCUT2D eigenvalue weighted by molar-refractivity contribution is -0.144. The number of carbonyl (C=O) groups is 4. The highest BCUT2D eigenvalue weighted by Gasteiger charge is 2.36. The van der Waals surface area contributed by atoms with Gasteiger partial charge in [0, 0.05) is 31.8 Å². The van der Waals surface area contributed by atoms with Crippen molar-refractivity contribution in [3.8, 4) is 0 Å². The minimum Gasteiger partial charge on any atom is -0.479 e. The summed E-state index contributed by atoms with van der Waals surface area (Å²) in [4.78, 5) is 54.4. The van der Waals surface area contributed by atoms with Gasteiger partial charge in [-0.3, -0.25) is 19.9 Å². The van der Waals surface area contributed by atoms with Crippen LogP contribution in [0.1, 0.15) is 65.6 Å². The third-order valence-corrected chi connectivity index (χ3v) is 6.80. The first kappa shape index (κ1) is 36.1. The van der Waals surface area contributed by atoms with Crippen molar-refractivity contribution < 1.29 is 38.5 Å². The van der Waals surface area contributed by atoms with Gasteiger partial charge in [0.05, 0.1) is 24.6 Å². The lowest BCUT2D eigenvalue weighted by Gasteiger charge is -2.38. The van der Waals surface area contributed by atoms with Gasteiger partial charge >= 0.3 is 18.2 Å². The first-order chi connectivity index (χ1) is 21.5. The van der Waals surface area contributed by atoms with Crippen molar-refractivity contribution in [2.24, 2.45) is 0 Å². The molecule has 3 N–H and O–H groups in total. The fourth-order valence-corrected chi connectivity index (χ4v) is 4.73. The standard InChI is InChI=1S/C34H46N4O8/c1-23(37-18-20-44-21-19-37)22-38(32(43)46-34(5,6)7)29(30(40)41)25-15-12-24(13-16-25)14-17-28(39)35-26-10-8-9-11-27(26)36-31(42)45-33(2,3)4/h8-17,23,29H,18-22H2,1-7H3,(H,35,39)(H,36,42)(H,40,41). The molecule has 12 nitrogen and oxygen atoms in total. The molecule has 3 rings (SSSR count). The van der Waals surface area contributed by atoms with E-state index in [9.17, 15) is 24.3 Å². The van der Waals surface area contributed by atoms with Gasteiger partial charge in [-0.15, -0.1) is 0 Å². The lowest BCUT2D eigenvalue weighted by Crippen LogP contribution is -2.51. The summed E-state index contributed by atoms with van der Waals surface area (Å²) in [5, 5.41) is 15.7. The molecule has 2 atom stereocenters. The van der Waals surface area contributed by atoms with E-state index in [-0.39, 0.29) is 12.6 Å². The van der Waals surface area contributed by atoms with Crippen LogP contribution < -0.4 is 10.6 Å². The van der Waals surface area contributed by atoms with Crippen LogP contribution in [-0.4, -0.2) is 89.1 Å². The molecule has 1 heterocycles. The number of benzene rings is 2. The smallest absolute Gasteiger partial charge is 0.412 e. The van der Waals surface area contributed by atoms with Crippen LogP contribution in [0, 0.1) is 0 Å². The van der Waals surface area contributed by atoms with Gasteiger partial charge < -0.3 is 24.6 Å². The molecular weight excluding hydrogens is 592 g/mol. The molecule has 1 aliphatic heterocycles. The quantitative estimate of drug-likeness (QED) is 0.276. The van der Waals surface area contributed by atoms with Gasteiger partial charge in [0.15, 0.2) is 6.04 Å². The fraction of sp³-hybridized carbons (Fsp3) is 0.471. The predicted octanol–water partition coefficient (Wildman–Crippen LogP) is 5.77. The second-order valence-electron chi connectivity index (χ2n) is 13.0. The molecule has 0 spiro atoms. The second kappa shape index (κ2) is 15.7. The Kier molecular flexibility index (Phi) is 12.3. The lowest BCUT2D eigenvalue weighted by atomic mass is 10.0. The number of nitrogens with zero attached hydrogens (tertiary/aromatic N) is 2. The van der Waals surface area contributed by atoms with Crippen LogP contribution in [0.3, 0.4) is 0 Å². The zero-order chi connectivity index (χ0) is 34.1. The predicted molar refractivity (Wildman–Crippen MR) is 176 cm³/mol. The average molecular weight is 639 g/mol. The van der Waals surface area contributed by atoms with Crippen molar-refractivity contribution in [3.63, 3.8) is 0 Å². The van der Waals surface area contributed by atoms with E-state index in [4.69, 9.17) is 14.2 Å². The summed E-state index contributed by atoms with van der Waals surface area (Å²) < 4.78 is 16.4. The van der Waals surface area contributed by atoms with Crippen LogP contribution in [0.25, 0.3) is 6.08 Å². The first-order valence-electron chi connectivity index (χ1n) is 15.2. The summed E-state index contributed by atoms with van der Waals surface area (Å²) in [6.45, 7) is 15.1. The summed E-state index contributed by atoms with van der Waals surface area (Å²) >= 11 is 0. The number of amides is 3. The van der Waals surface area contributed by atoms with Gasteiger partial charge in [-0.1, -0.05) is 36.4 Å². The molecule has 1 saturated heterocycles. The zero-order valence-electron chi connectivity index (χ0n) is 27.7. The Bertz CT molecular complexity index is 1390. The number of aliphatic carboxylic acids is 1. The first-order valence-corrected chi connectivity index (χ1v) is 15.2. The number of carboxylic acid groups (broad SMARTS) is 1. The van der Waals surface area contributed by atoms with E-state index >= 15 is 0 Å². The molecule has 1 fully saturated rings. The zero-order valence-corrected chi connectivity index (χ0v) is 27.7. The highest BCUT2D eigenvalue weighted by molar-refractivity contribution is 6.05. The van der Waals surface area contributed by atoms with Gasteiger partial charge in [0.25, 0.3) is 0 Å². The molecule has 46 heavy (non-hydrogen) atoms. The molecule has 2 unspecified atom stereocenters. The van der Waals surface area contributed by atoms with Gasteiger partial charge in [-0.2, -0.15) is 0 Å². The number of carbonyl (C=O) groups excluding carboxylic acids is 3. The van der Waals surface area contributed by atoms with Crippen LogP contribution in [0.4, 0.5) is 21.0 Å². The number of morpholine rings is 1. The van der Waals surface area contributed by atoms with Crippen LogP contribution in [0.2, 0.25) is 0 Å². The maximum Gasteiger partial charge on any atom is 0.412 e. The minimum absolute atomic E-state index is 0.136. The summed E-state index contributed by atoms with van der Waals surface area (Å²) in [6, 6.07) is 11.9.